The van der Waals surface area contributed by atoms with Gasteiger partial charge >= 0.3 is 11.9 Å². The summed E-state index contributed by atoms with van der Waals surface area (Å²) in [7, 11) is 0. The first-order valence-electron chi connectivity index (χ1n) is 5.19. The second-order valence-electron chi connectivity index (χ2n) is 4.21. The standard InChI is InChI=1S/C11H18O6/c1-11(2,3)17-16-8-4-7-15-10(14)6-5-9(12)13/h5-6H,4,7-8H2,1-3H3,(H,12,13)/b6-5+. The van der Waals surface area contributed by atoms with E-state index in [1.165, 1.54) is 0 Å². The summed E-state index contributed by atoms with van der Waals surface area (Å²) >= 11 is 0. The molecule has 0 aromatic heterocycles. The Kier molecular flexibility index (Phi) is 7.16. The molecule has 6 nitrogen and oxygen atoms in total. The summed E-state index contributed by atoms with van der Waals surface area (Å²) in [5.41, 5.74) is -0.374. The second kappa shape index (κ2) is 7.81. The van der Waals surface area contributed by atoms with Crippen LogP contribution in [0.25, 0.3) is 0 Å². The first-order valence-corrected chi connectivity index (χ1v) is 5.19. The van der Waals surface area contributed by atoms with Crippen molar-refractivity contribution in [3.8, 4) is 0 Å². The van der Waals surface area contributed by atoms with Crippen molar-refractivity contribution in [1.29, 1.82) is 0 Å². The average molecular weight is 246 g/mol. The van der Waals surface area contributed by atoms with Gasteiger partial charge in [0.1, 0.15) is 0 Å². The molecule has 0 aliphatic heterocycles. The lowest BCUT2D eigenvalue weighted by molar-refractivity contribution is -0.349. The van der Waals surface area contributed by atoms with Gasteiger partial charge in [-0.2, -0.15) is 0 Å². The summed E-state index contributed by atoms with van der Waals surface area (Å²) in [6.45, 7) is 6.00. The number of ether oxygens (including phenoxy) is 1. The number of carbonyl (C=O) groups is 2. The summed E-state index contributed by atoms with van der Waals surface area (Å²) in [6.07, 6.45) is 2.05. The molecule has 0 saturated heterocycles. The van der Waals surface area contributed by atoms with Gasteiger partial charge in [0.2, 0.25) is 0 Å². The fourth-order valence-electron chi connectivity index (χ4n) is 0.696. The minimum atomic E-state index is -1.19. The lowest BCUT2D eigenvalue weighted by Crippen LogP contribution is -2.20. The van der Waals surface area contributed by atoms with Crippen LogP contribution in [0.2, 0.25) is 0 Å². The van der Waals surface area contributed by atoms with Crippen LogP contribution in [0.1, 0.15) is 27.2 Å². The van der Waals surface area contributed by atoms with E-state index in [0.717, 1.165) is 12.2 Å². The maximum Gasteiger partial charge on any atom is 0.331 e. The van der Waals surface area contributed by atoms with Crippen LogP contribution < -0.4 is 0 Å². The summed E-state index contributed by atoms with van der Waals surface area (Å²) in [6, 6.07) is 0. The lowest BCUT2D eigenvalue weighted by Gasteiger charge is -2.17. The molecule has 0 saturated carbocycles. The zero-order chi connectivity index (χ0) is 13.3. The molecule has 17 heavy (non-hydrogen) atoms. The molecule has 0 aliphatic carbocycles. The van der Waals surface area contributed by atoms with Crippen molar-refractivity contribution in [2.24, 2.45) is 0 Å². The van der Waals surface area contributed by atoms with Crippen LogP contribution in [0.15, 0.2) is 12.2 Å². The number of rotatable bonds is 7. The van der Waals surface area contributed by atoms with E-state index < -0.39 is 11.9 Å². The van der Waals surface area contributed by atoms with E-state index >= 15 is 0 Å². The van der Waals surface area contributed by atoms with Crippen LogP contribution >= 0.6 is 0 Å². The van der Waals surface area contributed by atoms with Gasteiger partial charge in [-0.05, 0) is 20.8 Å². The van der Waals surface area contributed by atoms with Crippen molar-refractivity contribution in [2.45, 2.75) is 32.8 Å². The van der Waals surface area contributed by atoms with Gasteiger partial charge in [0, 0.05) is 18.6 Å². The summed E-state index contributed by atoms with van der Waals surface area (Å²) in [5.74, 6) is -1.88. The van der Waals surface area contributed by atoms with Crippen molar-refractivity contribution >= 4 is 11.9 Å². The summed E-state index contributed by atoms with van der Waals surface area (Å²) in [4.78, 5) is 30.8. The maximum absolute atomic E-state index is 10.9. The molecule has 0 fully saturated rings. The molecule has 0 aliphatic rings. The number of esters is 1. The molecule has 0 radical (unpaired) electrons. The van der Waals surface area contributed by atoms with Gasteiger partial charge in [0.15, 0.2) is 0 Å². The van der Waals surface area contributed by atoms with E-state index in [-0.39, 0.29) is 12.2 Å². The molecule has 6 heteroatoms. The Morgan fingerprint density at radius 1 is 1.18 bits per heavy atom. The topological polar surface area (TPSA) is 82.1 Å². The van der Waals surface area contributed by atoms with Crippen LogP contribution in [0, 0.1) is 0 Å². The third kappa shape index (κ3) is 12.5. The highest BCUT2D eigenvalue weighted by molar-refractivity contribution is 5.90. The molecule has 0 aromatic carbocycles. The van der Waals surface area contributed by atoms with E-state index in [2.05, 4.69) is 0 Å². The Bertz CT molecular complexity index is 276. The first kappa shape index (κ1) is 15.6. The molecule has 0 aromatic rings. The largest absolute Gasteiger partial charge is 0.478 e. The highest BCUT2D eigenvalue weighted by atomic mass is 17.2. The molecular formula is C11H18O6. The molecule has 0 unspecified atom stereocenters. The van der Waals surface area contributed by atoms with Gasteiger partial charge in [-0.1, -0.05) is 0 Å². The van der Waals surface area contributed by atoms with Gasteiger partial charge < -0.3 is 9.84 Å². The molecule has 0 heterocycles. The Balaban J connectivity index is 3.46. The normalized spacial score (nSPS) is 11.7. The zero-order valence-electron chi connectivity index (χ0n) is 10.3. The van der Waals surface area contributed by atoms with E-state index in [9.17, 15) is 9.59 Å². The minimum absolute atomic E-state index is 0.149. The van der Waals surface area contributed by atoms with Gasteiger partial charge in [0.05, 0.1) is 18.8 Å². The highest BCUT2D eigenvalue weighted by Crippen LogP contribution is 2.06. The van der Waals surface area contributed by atoms with E-state index in [4.69, 9.17) is 19.6 Å². The van der Waals surface area contributed by atoms with Crippen LogP contribution in [-0.4, -0.2) is 35.9 Å². The molecule has 0 amide bonds. The number of hydrogen-bond donors (Lipinski definition) is 1. The van der Waals surface area contributed by atoms with Gasteiger partial charge in [0.25, 0.3) is 0 Å². The minimum Gasteiger partial charge on any atom is -0.478 e. The monoisotopic (exact) mass is 246 g/mol. The Morgan fingerprint density at radius 2 is 1.82 bits per heavy atom. The van der Waals surface area contributed by atoms with Crippen molar-refractivity contribution in [1.82, 2.24) is 0 Å². The van der Waals surface area contributed by atoms with Crippen LogP contribution in [0.3, 0.4) is 0 Å². The molecule has 0 spiro atoms. The van der Waals surface area contributed by atoms with E-state index in [0.29, 0.717) is 13.0 Å². The summed E-state index contributed by atoms with van der Waals surface area (Å²) in [5, 5.41) is 8.25. The predicted molar refractivity (Wildman–Crippen MR) is 59.1 cm³/mol. The number of hydrogen-bond acceptors (Lipinski definition) is 5. The van der Waals surface area contributed by atoms with Gasteiger partial charge in [-0.3, -0.25) is 0 Å². The quantitative estimate of drug-likeness (QED) is 0.240. The number of carboxylic acids is 1. The first-order chi connectivity index (χ1) is 7.81. The smallest absolute Gasteiger partial charge is 0.331 e. The molecule has 0 rings (SSSR count). The average Bonchev–Trinajstić information content (AvgIpc) is 2.18. The van der Waals surface area contributed by atoms with Crippen LogP contribution in [0.5, 0.6) is 0 Å². The maximum atomic E-state index is 10.9. The lowest BCUT2D eigenvalue weighted by atomic mass is 10.2. The molecular weight excluding hydrogens is 228 g/mol. The second-order valence-corrected chi connectivity index (χ2v) is 4.21. The van der Waals surface area contributed by atoms with Crippen molar-refractivity contribution < 1.29 is 29.2 Å². The highest BCUT2D eigenvalue weighted by Gasteiger charge is 2.10. The van der Waals surface area contributed by atoms with Gasteiger partial charge in [-0.15, -0.1) is 0 Å². The van der Waals surface area contributed by atoms with Crippen molar-refractivity contribution in [2.75, 3.05) is 13.2 Å². The summed E-state index contributed by atoms with van der Waals surface area (Å²) < 4.78 is 4.70. The Hall–Kier alpha value is -1.40. The zero-order valence-corrected chi connectivity index (χ0v) is 10.3. The Labute approximate surface area is 100 Å². The number of carbonyl (C=O) groups excluding carboxylic acids is 1. The molecule has 0 atom stereocenters. The fraction of sp³-hybridized carbons (Fsp3) is 0.636. The third-order valence-electron chi connectivity index (χ3n) is 1.29. The Morgan fingerprint density at radius 3 is 2.35 bits per heavy atom. The SMILES string of the molecule is CC(C)(C)OOCCCOC(=O)/C=C/C(=O)O. The van der Waals surface area contributed by atoms with Crippen LogP contribution in [-0.2, 0) is 24.1 Å². The van der Waals surface area contributed by atoms with Crippen molar-refractivity contribution in [3.05, 3.63) is 12.2 Å². The van der Waals surface area contributed by atoms with E-state index in [1.54, 1.807) is 0 Å². The third-order valence-corrected chi connectivity index (χ3v) is 1.29. The number of aliphatic carboxylic acids is 1. The van der Waals surface area contributed by atoms with Crippen LogP contribution in [0.4, 0.5) is 0 Å². The molecule has 0 bridgehead atoms. The molecule has 98 valence electrons. The number of carboxylic acid groups (broad SMARTS) is 1. The molecule has 1 N–H and O–H groups in total. The van der Waals surface area contributed by atoms with Gasteiger partial charge in [-0.25, -0.2) is 19.4 Å². The predicted octanol–water partition coefficient (Wildman–Crippen LogP) is 1.31. The van der Waals surface area contributed by atoms with Crippen molar-refractivity contribution in [3.63, 3.8) is 0 Å². The fourth-order valence-corrected chi connectivity index (χ4v) is 0.696. The van der Waals surface area contributed by atoms with E-state index in [1.807, 2.05) is 20.8 Å².